The van der Waals surface area contributed by atoms with Gasteiger partial charge in [-0.25, -0.2) is 19.2 Å². The molecule has 2 saturated carbocycles. The lowest BCUT2D eigenvalue weighted by Gasteiger charge is -2.43. The van der Waals surface area contributed by atoms with E-state index in [1.54, 1.807) is 24.3 Å². The van der Waals surface area contributed by atoms with Crippen LogP contribution in [-0.2, 0) is 19.1 Å². The van der Waals surface area contributed by atoms with Crippen LogP contribution in [0, 0.1) is 23.7 Å². The van der Waals surface area contributed by atoms with Crippen molar-refractivity contribution < 1.29 is 48.3 Å². The number of benzene rings is 2. The summed E-state index contributed by atoms with van der Waals surface area (Å²) in [6.45, 7) is 8.82. The van der Waals surface area contributed by atoms with Gasteiger partial charge in [-0.2, -0.15) is 0 Å². The number of carbonyl (C=O) groups is 4. The van der Waals surface area contributed by atoms with E-state index in [-0.39, 0.29) is 24.0 Å². The molecule has 0 bridgehead atoms. The van der Waals surface area contributed by atoms with Crippen LogP contribution in [0.25, 0.3) is 0 Å². The molecule has 10 nitrogen and oxygen atoms in total. The standard InChI is InChI=1S/C54H78O10/c1-5-9-13-17-41-21-25-43(26-22-41)19-15-39-61-47-33-29-45(30-34-47)49(55)63-53(51(57)58,37-11-7-3)54(52(59)60,38-12-8-4)64-50(56)46-31-35-48(36-32-46)62-40-16-20-44-27-23-42(24-28-44)18-14-10-6-2/h15-16,19-20,29-36,41-44H,5-14,17-18,21-28,37-40H2,1-4H3,(H,57,58)(H,59,60)/t41?,42?,43?,44?,53-,54-/m0/s1. The molecule has 2 aliphatic rings. The van der Waals surface area contributed by atoms with E-state index in [0.29, 0.717) is 49.4 Å². The lowest BCUT2D eigenvalue weighted by Crippen LogP contribution is -2.67. The van der Waals surface area contributed by atoms with E-state index in [2.05, 4.69) is 26.0 Å². The van der Waals surface area contributed by atoms with Gasteiger partial charge < -0.3 is 29.2 Å². The fourth-order valence-corrected chi connectivity index (χ4v) is 9.47. The van der Waals surface area contributed by atoms with E-state index in [0.717, 1.165) is 11.8 Å². The van der Waals surface area contributed by atoms with Gasteiger partial charge in [-0.15, -0.1) is 0 Å². The summed E-state index contributed by atoms with van der Waals surface area (Å²) in [6.07, 6.45) is 29.4. The Hall–Kier alpha value is -4.60. The fraction of sp³-hybridized carbons (Fsp3) is 0.630. The van der Waals surface area contributed by atoms with Gasteiger partial charge in [0.1, 0.15) is 24.7 Å². The maximum absolute atomic E-state index is 13.9. The molecule has 0 aliphatic heterocycles. The molecule has 4 rings (SSSR count). The highest BCUT2D eigenvalue weighted by molar-refractivity contribution is 5.99. The molecular formula is C54H78O10. The number of carboxylic acids is 2. The Morgan fingerprint density at radius 3 is 1.17 bits per heavy atom. The summed E-state index contributed by atoms with van der Waals surface area (Å²) in [5.41, 5.74) is -5.51. The van der Waals surface area contributed by atoms with Crippen molar-refractivity contribution in [1.82, 2.24) is 0 Å². The molecule has 0 amide bonds. The summed E-state index contributed by atoms with van der Waals surface area (Å²) in [6, 6.07) is 12.2. The Kier molecular flexibility index (Phi) is 22.5. The maximum atomic E-state index is 13.9. The van der Waals surface area contributed by atoms with Crippen molar-refractivity contribution in [2.75, 3.05) is 13.2 Å². The van der Waals surface area contributed by atoms with Crippen molar-refractivity contribution in [3.63, 3.8) is 0 Å². The monoisotopic (exact) mass is 887 g/mol. The molecule has 0 radical (unpaired) electrons. The minimum Gasteiger partial charge on any atom is -0.490 e. The third kappa shape index (κ3) is 15.5. The maximum Gasteiger partial charge on any atom is 0.353 e. The first-order valence-electron chi connectivity index (χ1n) is 24.7. The largest absolute Gasteiger partial charge is 0.490 e. The summed E-state index contributed by atoms with van der Waals surface area (Å²) in [4.78, 5) is 54.7. The van der Waals surface area contributed by atoms with Gasteiger partial charge in [0.2, 0.25) is 0 Å². The average molecular weight is 887 g/mol. The summed E-state index contributed by atoms with van der Waals surface area (Å²) < 4.78 is 23.5. The molecule has 2 N–H and O–H groups in total. The molecule has 2 aromatic carbocycles. The van der Waals surface area contributed by atoms with Gasteiger partial charge in [0.25, 0.3) is 11.2 Å². The molecule has 0 saturated heterocycles. The lowest BCUT2D eigenvalue weighted by atomic mass is 9.75. The molecule has 2 aromatic rings. The molecule has 0 spiro atoms. The lowest BCUT2D eigenvalue weighted by molar-refractivity contribution is -0.211. The number of carbonyl (C=O) groups excluding carboxylic acids is 2. The van der Waals surface area contributed by atoms with Gasteiger partial charge in [0.05, 0.1) is 11.1 Å². The SMILES string of the molecule is CCCCCC1CCC(C=CCOc2ccc(C(=O)O[C@@](CCCC)(C(=O)O)[C@@](CCCC)(OC(=O)c3ccc(OCC=CC4CCC(CCCCC)CC4)cc3)C(=O)O)cc2)CC1. The zero-order valence-corrected chi connectivity index (χ0v) is 39.4. The summed E-state index contributed by atoms with van der Waals surface area (Å²) in [7, 11) is 0. The molecule has 0 unspecified atom stereocenters. The normalized spacial score (nSPS) is 20.9. The average Bonchev–Trinajstić information content (AvgIpc) is 3.30. The van der Waals surface area contributed by atoms with Crippen molar-refractivity contribution >= 4 is 23.9 Å². The van der Waals surface area contributed by atoms with E-state index < -0.39 is 47.9 Å². The van der Waals surface area contributed by atoms with E-state index in [1.165, 1.54) is 127 Å². The first kappa shape index (κ1) is 52.0. The van der Waals surface area contributed by atoms with Crippen LogP contribution in [0.5, 0.6) is 11.5 Å². The molecule has 64 heavy (non-hydrogen) atoms. The molecule has 2 atom stereocenters. The fourth-order valence-electron chi connectivity index (χ4n) is 9.47. The Morgan fingerprint density at radius 2 is 0.859 bits per heavy atom. The third-order valence-electron chi connectivity index (χ3n) is 13.5. The molecule has 354 valence electrons. The van der Waals surface area contributed by atoms with E-state index in [4.69, 9.17) is 18.9 Å². The second kappa shape index (κ2) is 27.7. The Balaban J connectivity index is 1.41. The van der Waals surface area contributed by atoms with Crippen LogP contribution in [-0.4, -0.2) is 58.5 Å². The summed E-state index contributed by atoms with van der Waals surface area (Å²) >= 11 is 0. The van der Waals surface area contributed by atoms with Crippen LogP contribution >= 0.6 is 0 Å². The number of rotatable bonds is 29. The van der Waals surface area contributed by atoms with Gasteiger partial charge in [0.15, 0.2) is 0 Å². The number of hydrogen-bond donors (Lipinski definition) is 2. The van der Waals surface area contributed by atoms with Crippen molar-refractivity contribution in [3.8, 4) is 11.5 Å². The van der Waals surface area contributed by atoms with E-state index >= 15 is 0 Å². The van der Waals surface area contributed by atoms with Crippen molar-refractivity contribution in [2.24, 2.45) is 23.7 Å². The highest BCUT2D eigenvalue weighted by atomic mass is 16.6. The van der Waals surface area contributed by atoms with Crippen molar-refractivity contribution in [2.45, 2.75) is 180 Å². The number of ether oxygens (including phenoxy) is 4. The molecular weight excluding hydrogens is 809 g/mol. The molecule has 10 heteroatoms. The molecule has 0 aromatic heterocycles. The van der Waals surface area contributed by atoms with Crippen LogP contribution in [0.15, 0.2) is 72.8 Å². The Bertz CT molecular complexity index is 1620. The Labute approximate surface area is 383 Å². The third-order valence-corrected chi connectivity index (χ3v) is 13.5. The number of hydrogen-bond acceptors (Lipinski definition) is 8. The van der Waals surface area contributed by atoms with Crippen LogP contribution in [0.3, 0.4) is 0 Å². The van der Waals surface area contributed by atoms with Gasteiger partial charge in [0, 0.05) is 12.8 Å². The van der Waals surface area contributed by atoms with Crippen LogP contribution in [0.2, 0.25) is 0 Å². The van der Waals surface area contributed by atoms with Crippen molar-refractivity contribution in [1.29, 1.82) is 0 Å². The van der Waals surface area contributed by atoms with Crippen molar-refractivity contribution in [3.05, 3.63) is 84.0 Å². The van der Waals surface area contributed by atoms with Gasteiger partial charge in [-0.05, 0) is 136 Å². The highest BCUT2D eigenvalue weighted by Crippen LogP contribution is 2.42. The van der Waals surface area contributed by atoms with Gasteiger partial charge in [-0.3, -0.25) is 0 Å². The summed E-state index contributed by atoms with van der Waals surface area (Å²) in [5, 5.41) is 21.8. The number of allylic oxidation sites excluding steroid dienone is 2. The Morgan fingerprint density at radius 1 is 0.516 bits per heavy atom. The predicted molar refractivity (Wildman–Crippen MR) is 252 cm³/mol. The second-order valence-electron chi connectivity index (χ2n) is 18.3. The summed E-state index contributed by atoms with van der Waals surface area (Å²) in [5.74, 6) is -1.73. The minimum atomic E-state index is -2.75. The molecule has 2 aliphatic carbocycles. The number of carboxylic acid groups (broad SMARTS) is 2. The minimum absolute atomic E-state index is 0.00237. The van der Waals surface area contributed by atoms with Crippen LogP contribution < -0.4 is 9.47 Å². The highest BCUT2D eigenvalue weighted by Gasteiger charge is 2.67. The quantitative estimate of drug-likeness (QED) is 0.0460. The second-order valence-corrected chi connectivity index (χ2v) is 18.3. The zero-order chi connectivity index (χ0) is 46.2. The first-order chi connectivity index (χ1) is 31.0. The molecule has 0 heterocycles. The topological polar surface area (TPSA) is 146 Å². The number of esters is 2. The van der Waals surface area contributed by atoms with Crippen LogP contribution in [0.4, 0.5) is 0 Å². The zero-order valence-electron chi connectivity index (χ0n) is 39.4. The van der Waals surface area contributed by atoms with Gasteiger partial charge >= 0.3 is 23.9 Å². The first-order valence-corrected chi connectivity index (χ1v) is 24.7. The molecule has 2 fully saturated rings. The number of unbranched alkanes of at least 4 members (excludes halogenated alkanes) is 6. The smallest absolute Gasteiger partial charge is 0.353 e. The van der Waals surface area contributed by atoms with Gasteiger partial charge in [-0.1, -0.05) is 116 Å². The van der Waals surface area contributed by atoms with E-state index in [9.17, 15) is 29.4 Å². The predicted octanol–water partition coefficient (Wildman–Crippen LogP) is 13.4. The number of aliphatic carboxylic acids is 2. The van der Waals surface area contributed by atoms with E-state index in [1.807, 2.05) is 26.0 Å². The van der Waals surface area contributed by atoms with Crippen LogP contribution in [0.1, 0.15) is 190 Å².